The second-order valence-electron chi connectivity index (χ2n) is 13.2. The van der Waals surface area contributed by atoms with Crippen LogP contribution in [0.1, 0.15) is 98.8 Å². The van der Waals surface area contributed by atoms with E-state index in [1.165, 1.54) is 25.7 Å². The largest absolute Gasteiger partial charge is 0.393 e. The maximum atomic E-state index is 12.4. The van der Waals surface area contributed by atoms with Gasteiger partial charge in [0.1, 0.15) is 12.6 Å². The molecule has 0 saturated heterocycles. The van der Waals surface area contributed by atoms with E-state index in [1.807, 2.05) is 0 Å². The molecule has 0 amide bonds. The van der Waals surface area contributed by atoms with Crippen LogP contribution in [0.3, 0.4) is 0 Å². The van der Waals surface area contributed by atoms with Crippen molar-refractivity contribution in [2.75, 3.05) is 13.9 Å². The van der Waals surface area contributed by atoms with Crippen LogP contribution in [-0.4, -0.2) is 37.0 Å². The zero-order valence-corrected chi connectivity index (χ0v) is 22.1. The lowest BCUT2D eigenvalue weighted by Gasteiger charge is -2.62. The maximum Gasteiger partial charge on any atom is 0.146 e. The smallest absolute Gasteiger partial charge is 0.146 e. The zero-order chi connectivity index (χ0) is 24.0. The highest BCUT2D eigenvalue weighted by Crippen LogP contribution is 2.68. The van der Waals surface area contributed by atoms with Gasteiger partial charge in [-0.2, -0.15) is 0 Å². The Morgan fingerprint density at radius 1 is 1.03 bits per heavy atom. The summed E-state index contributed by atoms with van der Waals surface area (Å²) < 4.78 is 11.8. The molecular formula is C29H50O4. The van der Waals surface area contributed by atoms with E-state index < -0.39 is 0 Å². The molecule has 4 aliphatic rings. The molecule has 0 unspecified atom stereocenters. The summed E-state index contributed by atoms with van der Waals surface area (Å²) >= 11 is 0. The van der Waals surface area contributed by atoms with E-state index in [4.69, 9.17) is 9.47 Å². The van der Waals surface area contributed by atoms with Gasteiger partial charge in [-0.3, -0.25) is 4.79 Å². The van der Waals surface area contributed by atoms with Crippen molar-refractivity contribution in [1.29, 1.82) is 0 Å². The quantitative estimate of drug-likeness (QED) is 0.433. The zero-order valence-electron chi connectivity index (χ0n) is 22.1. The Bertz CT molecular complexity index is 691. The van der Waals surface area contributed by atoms with E-state index in [0.717, 1.165) is 44.4 Å². The molecule has 0 heterocycles. The minimum absolute atomic E-state index is 0.177. The van der Waals surface area contributed by atoms with Gasteiger partial charge in [0.05, 0.1) is 12.2 Å². The number of aliphatic hydroxyl groups excluding tert-OH is 1. The monoisotopic (exact) mass is 462 g/mol. The molecule has 4 aliphatic carbocycles. The first-order valence-corrected chi connectivity index (χ1v) is 13.9. The molecule has 10 atom stereocenters. The first-order valence-electron chi connectivity index (χ1n) is 13.9. The van der Waals surface area contributed by atoms with Gasteiger partial charge < -0.3 is 14.6 Å². The molecule has 0 bridgehead atoms. The lowest BCUT2D eigenvalue weighted by atomic mass is 9.43. The normalized spacial score (nSPS) is 44.8. The van der Waals surface area contributed by atoms with E-state index in [-0.39, 0.29) is 17.6 Å². The van der Waals surface area contributed by atoms with Crippen molar-refractivity contribution in [3.63, 3.8) is 0 Å². The molecule has 0 aromatic heterocycles. The van der Waals surface area contributed by atoms with Gasteiger partial charge in [0.2, 0.25) is 0 Å². The molecule has 4 rings (SSSR count). The Kier molecular flexibility index (Phi) is 7.69. The summed E-state index contributed by atoms with van der Waals surface area (Å²) in [6, 6.07) is 0. The van der Waals surface area contributed by atoms with Crippen LogP contribution in [0.4, 0.5) is 0 Å². The topological polar surface area (TPSA) is 55.8 Å². The second-order valence-corrected chi connectivity index (χ2v) is 13.2. The third kappa shape index (κ3) is 4.58. The van der Waals surface area contributed by atoms with E-state index in [2.05, 4.69) is 34.6 Å². The molecule has 4 heteroatoms. The Morgan fingerprint density at radius 3 is 2.45 bits per heavy atom. The van der Waals surface area contributed by atoms with Gasteiger partial charge in [-0.1, -0.05) is 34.6 Å². The van der Waals surface area contributed by atoms with Crippen molar-refractivity contribution in [3.8, 4) is 0 Å². The predicted octanol–water partition coefficient (Wildman–Crippen LogP) is 6.25. The number of carbonyl (C=O) groups excluding carboxylic acids is 1. The van der Waals surface area contributed by atoms with Crippen molar-refractivity contribution >= 4 is 5.78 Å². The summed E-state index contributed by atoms with van der Waals surface area (Å²) in [7, 11) is 1.72. The third-order valence-electron chi connectivity index (χ3n) is 11.3. The van der Waals surface area contributed by atoms with Gasteiger partial charge in [0, 0.05) is 20.0 Å². The van der Waals surface area contributed by atoms with Crippen molar-refractivity contribution in [1.82, 2.24) is 0 Å². The summed E-state index contributed by atoms with van der Waals surface area (Å²) in [6.45, 7) is 12.2. The minimum Gasteiger partial charge on any atom is -0.393 e. The molecule has 0 aromatic rings. The predicted molar refractivity (Wildman–Crippen MR) is 132 cm³/mol. The molecule has 190 valence electrons. The summed E-state index contributed by atoms with van der Waals surface area (Å²) in [5.41, 5.74) is 0.656. The Labute approximate surface area is 202 Å². The van der Waals surface area contributed by atoms with E-state index in [0.29, 0.717) is 53.5 Å². The molecule has 4 saturated carbocycles. The average molecular weight is 463 g/mol. The number of aliphatic hydroxyl groups is 1. The van der Waals surface area contributed by atoms with Gasteiger partial charge in [0.25, 0.3) is 0 Å². The summed E-state index contributed by atoms with van der Waals surface area (Å²) in [5.74, 6) is 4.63. The highest BCUT2D eigenvalue weighted by atomic mass is 16.7. The first-order chi connectivity index (χ1) is 15.6. The van der Waals surface area contributed by atoms with Crippen LogP contribution < -0.4 is 0 Å². The number of hydrogen-bond acceptors (Lipinski definition) is 4. The highest BCUT2D eigenvalue weighted by Gasteiger charge is 2.63. The van der Waals surface area contributed by atoms with Crippen LogP contribution in [0.25, 0.3) is 0 Å². The maximum absolute atomic E-state index is 12.4. The number of fused-ring (bicyclic) bond motifs is 5. The molecule has 4 fully saturated rings. The van der Waals surface area contributed by atoms with Crippen LogP contribution in [0.2, 0.25) is 0 Å². The number of ketones is 1. The summed E-state index contributed by atoms with van der Waals surface area (Å²) in [4.78, 5) is 12.4. The van der Waals surface area contributed by atoms with Gasteiger partial charge in [-0.05, 0) is 104 Å². The van der Waals surface area contributed by atoms with Gasteiger partial charge in [0.15, 0.2) is 0 Å². The van der Waals surface area contributed by atoms with Crippen LogP contribution >= 0.6 is 0 Å². The molecular weight excluding hydrogens is 412 g/mol. The number of hydrogen-bond donors (Lipinski definition) is 1. The van der Waals surface area contributed by atoms with E-state index >= 15 is 0 Å². The lowest BCUT2D eigenvalue weighted by molar-refractivity contribution is -0.201. The number of carbonyl (C=O) groups is 1. The molecule has 4 nitrogen and oxygen atoms in total. The average Bonchev–Trinajstić information content (AvgIpc) is 3.13. The van der Waals surface area contributed by atoms with Gasteiger partial charge in [-0.25, -0.2) is 0 Å². The first kappa shape index (κ1) is 25.6. The Hall–Kier alpha value is -0.450. The SMILES string of the molecule is COCO[C@@H]1C[C@H]2CC(=O)CC[C@]2(C)[C@H]2CC[C@]3(C)[C@@H]([C@H](C)CC[C@H](O)C(C)C)CC[C@H]3[C@H]12. The second kappa shape index (κ2) is 9.90. The molecule has 0 aliphatic heterocycles. The fourth-order valence-electron chi connectivity index (χ4n) is 9.26. The van der Waals surface area contributed by atoms with Crippen molar-refractivity contribution in [3.05, 3.63) is 0 Å². The van der Waals surface area contributed by atoms with E-state index in [9.17, 15) is 9.90 Å². The molecule has 1 N–H and O–H groups in total. The van der Waals surface area contributed by atoms with Crippen molar-refractivity contribution < 1.29 is 19.4 Å². The van der Waals surface area contributed by atoms with Gasteiger partial charge in [-0.15, -0.1) is 0 Å². The van der Waals surface area contributed by atoms with Crippen molar-refractivity contribution in [2.45, 2.75) is 111 Å². The highest BCUT2D eigenvalue weighted by molar-refractivity contribution is 5.79. The van der Waals surface area contributed by atoms with Crippen molar-refractivity contribution in [2.24, 2.45) is 52.3 Å². The standard InChI is InChI=1S/C29H50O4/c1-18(2)25(31)10-7-19(3)22-8-9-23-27-24(12-14-29(22,23)5)28(4)13-11-21(30)15-20(28)16-26(27)33-17-32-6/h18-20,22-27,31H,7-17H2,1-6H3/t19-,20-,22-,23+,24+,25+,26-,27+,28+,29-/m1/s1. The third-order valence-corrected chi connectivity index (χ3v) is 11.3. The number of Topliss-reactive ketones (excluding diaryl/α,β-unsaturated/α-hetero) is 1. The number of methoxy groups -OCH3 is 1. The van der Waals surface area contributed by atoms with Crippen LogP contribution in [0, 0.1) is 52.3 Å². The molecule has 0 aromatic carbocycles. The fraction of sp³-hybridized carbons (Fsp3) is 0.966. The lowest BCUT2D eigenvalue weighted by Crippen LogP contribution is -2.59. The van der Waals surface area contributed by atoms with Crippen LogP contribution in [0.5, 0.6) is 0 Å². The molecule has 0 spiro atoms. The fourth-order valence-corrected chi connectivity index (χ4v) is 9.26. The molecule has 33 heavy (non-hydrogen) atoms. The Morgan fingerprint density at radius 2 is 1.76 bits per heavy atom. The summed E-state index contributed by atoms with van der Waals surface area (Å²) in [6.07, 6.45) is 11.0. The summed E-state index contributed by atoms with van der Waals surface area (Å²) in [5, 5.41) is 10.4. The number of rotatable bonds is 8. The molecule has 0 radical (unpaired) electrons. The van der Waals surface area contributed by atoms with E-state index in [1.54, 1.807) is 7.11 Å². The minimum atomic E-state index is -0.177. The van der Waals surface area contributed by atoms with Crippen LogP contribution in [-0.2, 0) is 14.3 Å². The Balaban J connectivity index is 1.55. The van der Waals surface area contributed by atoms with Crippen LogP contribution in [0.15, 0.2) is 0 Å². The van der Waals surface area contributed by atoms with Gasteiger partial charge >= 0.3 is 0 Å². The number of ether oxygens (including phenoxy) is 2.